The molecule has 1 heterocycles. The van der Waals surface area contributed by atoms with E-state index < -0.39 is 5.82 Å². The Morgan fingerprint density at radius 2 is 2.12 bits per heavy atom. The summed E-state index contributed by atoms with van der Waals surface area (Å²) in [7, 11) is 0. The van der Waals surface area contributed by atoms with Crippen LogP contribution in [0.15, 0.2) is 60.9 Å². The zero-order chi connectivity index (χ0) is 17.5. The molecule has 0 fully saturated rings. The second-order valence-corrected chi connectivity index (χ2v) is 5.10. The highest BCUT2D eigenvalue weighted by atomic mass is 19.1. The van der Waals surface area contributed by atoms with Crippen LogP contribution in [0.4, 0.5) is 4.39 Å². The molecule has 4 heteroatoms. The van der Waals surface area contributed by atoms with E-state index in [9.17, 15) is 4.39 Å². The summed E-state index contributed by atoms with van der Waals surface area (Å²) in [6, 6.07) is 6.03. The quantitative estimate of drug-likeness (QED) is 0.628. The number of rotatable bonds is 3. The van der Waals surface area contributed by atoms with Crippen molar-refractivity contribution >= 4 is 0 Å². The van der Waals surface area contributed by atoms with Gasteiger partial charge in [0.25, 0.3) is 0 Å². The fourth-order valence-corrected chi connectivity index (χ4v) is 1.97. The van der Waals surface area contributed by atoms with Crippen molar-refractivity contribution in [3.63, 3.8) is 0 Å². The third-order valence-electron chi connectivity index (χ3n) is 3.16. The smallest absolute Gasteiger partial charge is 0.126 e. The standard InChI is InChI=1S/C20H16FN3/c1-4-5-6-7-15(2)8-9-18-14-24(23-16(18)3)20-11-17(13-22)10-19(21)12-20/h4-7,10-12,14H,1H2,2-3H3/b6-5-,15-7+. The number of allylic oxidation sites excluding steroid dienone is 5. The van der Waals surface area contributed by atoms with Gasteiger partial charge < -0.3 is 0 Å². The van der Waals surface area contributed by atoms with Crippen LogP contribution in [0.5, 0.6) is 0 Å². The number of nitrogens with zero attached hydrogens (tertiary/aromatic N) is 3. The first kappa shape index (κ1) is 17.0. The van der Waals surface area contributed by atoms with Crippen molar-refractivity contribution in [1.29, 1.82) is 5.26 Å². The van der Waals surface area contributed by atoms with E-state index in [1.54, 1.807) is 18.3 Å². The first-order chi connectivity index (χ1) is 11.5. The minimum absolute atomic E-state index is 0.249. The van der Waals surface area contributed by atoms with Gasteiger partial charge in [-0.15, -0.1) is 0 Å². The van der Waals surface area contributed by atoms with Gasteiger partial charge >= 0.3 is 0 Å². The molecule has 0 aliphatic heterocycles. The number of aromatic nitrogens is 2. The second kappa shape index (κ2) is 7.76. The Morgan fingerprint density at radius 3 is 2.83 bits per heavy atom. The molecule has 1 aromatic carbocycles. The highest BCUT2D eigenvalue weighted by molar-refractivity contribution is 5.46. The number of aryl methyl sites for hydroxylation is 1. The summed E-state index contributed by atoms with van der Waals surface area (Å²) < 4.78 is 15.1. The van der Waals surface area contributed by atoms with Gasteiger partial charge in [0, 0.05) is 6.20 Å². The van der Waals surface area contributed by atoms with Crippen molar-refractivity contribution in [2.45, 2.75) is 13.8 Å². The highest BCUT2D eigenvalue weighted by Crippen LogP contribution is 2.15. The highest BCUT2D eigenvalue weighted by Gasteiger charge is 2.07. The van der Waals surface area contributed by atoms with Gasteiger partial charge in [-0.2, -0.15) is 10.4 Å². The summed E-state index contributed by atoms with van der Waals surface area (Å²) in [6.45, 7) is 7.35. The van der Waals surface area contributed by atoms with Crippen LogP contribution in [0, 0.1) is 35.9 Å². The molecular weight excluding hydrogens is 301 g/mol. The van der Waals surface area contributed by atoms with Gasteiger partial charge in [-0.3, -0.25) is 0 Å². The maximum atomic E-state index is 13.6. The summed E-state index contributed by atoms with van der Waals surface area (Å²) in [6.07, 6.45) is 9.00. The van der Waals surface area contributed by atoms with Gasteiger partial charge in [-0.05, 0) is 37.6 Å². The van der Waals surface area contributed by atoms with E-state index in [0.717, 1.165) is 16.8 Å². The molecule has 2 aromatic rings. The van der Waals surface area contributed by atoms with Gasteiger partial charge in [-0.1, -0.05) is 42.7 Å². The van der Waals surface area contributed by atoms with Crippen LogP contribution < -0.4 is 0 Å². The lowest BCUT2D eigenvalue weighted by atomic mass is 10.2. The molecule has 0 bridgehead atoms. The van der Waals surface area contributed by atoms with Crippen LogP contribution in [0.25, 0.3) is 5.69 Å². The predicted molar refractivity (Wildman–Crippen MR) is 92.9 cm³/mol. The molecule has 0 aliphatic rings. The van der Waals surface area contributed by atoms with Gasteiger partial charge in [0.05, 0.1) is 28.6 Å². The molecule has 3 nitrogen and oxygen atoms in total. The van der Waals surface area contributed by atoms with Gasteiger partial charge in [0.1, 0.15) is 5.82 Å². The number of nitriles is 1. The van der Waals surface area contributed by atoms with E-state index in [4.69, 9.17) is 5.26 Å². The molecular formula is C20H16FN3. The maximum Gasteiger partial charge on any atom is 0.126 e. The van der Waals surface area contributed by atoms with E-state index >= 15 is 0 Å². The molecule has 2 rings (SSSR count). The molecule has 0 N–H and O–H groups in total. The van der Waals surface area contributed by atoms with E-state index in [0.29, 0.717) is 5.69 Å². The first-order valence-electron chi connectivity index (χ1n) is 7.29. The molecule has 0 amide bonds. The summed E-state index contributed by atoms with van der Waals surface area (Å²) >= 11 is 0. The molecule has 24 heavy (non-hydrogen) atoms. The van der Waals surface area contributed by atoms with Crippen LogP contribution in [0.3, 0.4) is 0 Å². The maximum absolute atomic E-state index is 13.6. The monoisotopic (exact) mass is 317 g/mol. The minimum atomic E-state index is -0.474. The Bertz CT molecular complexity index is 928. The van der Waals surface area contributed by atoms with Crippen molar-refractivity contribution in [2.75, 3.05) is 0 Å². The molecule has 1 aromatic heterocycles. The zero-order valence-electron chi connectivity index (χ0n) is 13.5. The lowest BCUT2D eigenvalue weighted by Gasteiger charge is -2.01. The summed E-state index contributed by atoms with van der Waals surface area (Å²) in [5.74, 6) is 5.62. The number of halogens is 1. The Morgan fingerprint density at radius 1 is 1.33 bits per heavy atom. The van der Waals surface area contributed by atoms with Gasteiger partial charge in [-0.25, -0.2) is 9.07 Å². The molecule has 0 aliphatic carbocycles. The van der Waals surface area contributed by atoms with Crippen molar-refractivity contribution in [3.8, 4) is 23.6 Å². The van der Waals surface area contributed by atoms with Crippen molar-refractivity contribution in [1.82, 2.24) is 9.78 Å². The third-order valence-corrected chi connectivity index (χ3v) is 3.16. The lowest BCUT2D eigenvalue weighted by Crippen LogP contribution is -1.96. The van der Waals surface area contributed by atoms with E-state index in [2.05, 4.69) is 23.5 Å². The van der Waals surface area contributed by atoms with E-state index in [1.165, 1.54) is 16.8 Å². The van der Waals surface area contributed by atoms with Crippen LogP contribution in [0.1, 0.15) is 23.7 Å². The van der Waals surface area contributed by atoms with E-state index in [-0.39, 0.29) is 5.56 Å². The topological polar surface area (TPSA) is 41.6 Å². The third kappa shape index (κ3) is 4.32. The molecule has 0 saturated carbocycles. The first-order valence-corrected chi connectivity index (χ1v) is 7.29. The Balaban J connectivity index is 2.34. The van der Waals surface area contributed by atoms with Crippen molar-refractivity contribution in [2.24, 2.45) is 0 Å². The average Bonchev–Trinajstić information content (AvgIpc) is 2.93. The second-order valence-electron chi connectivity index (χ2n) is 5.10. The molecule has 0 unspecified atom stereocenters. The minimum Gasteiger partial charge on any atom is -0.239 e. The molecule has 0 atom stereocenters. The lowest BCUT2D eigenvalue weighted by molar-refractivity contribution is 0.625. The number of benzene rings is 1. The summed E-state index contributed by atoms with van der Waals surface area (Å²) in [4.78, 5) is 0. The Kier molecular flexibility index (Phi) is 5.49. The average molecular weight is 317 g/mol. The SMILES string of the molecule is C=C/C=C\C=C(/C)C#Cc1cn(-c2cc(F)cc(C#N)c2)nc1C. The fourth-order valence-electron chi connectivity index (χ4n) is 1.97. The predicted octanol–water partition coefficient (Wildman–Crippen LogP) is 4.23. The van der Waals surface area contributed by atoms with Crippen molar-refractivity contribution < 1.29 is 4.39 Å². The summed E-state index contributed by atoms with van der Waals surface area (Å²) in [5.41, 5.74) is 3.12. The molecule has 0 saturated heterocycles. The molecule has 0 spiro atoms. The summed E-state index contributed by atoms with van der Waals surface area (Å²) in [5, 5.41) is 13.3. The van der Waals surface area contributed by atoms with Gasteiger partial charge in [0.15, 0.2) is 0 Å². The Hall–Kier alpha value is -3.37. The molecule has 118 valence electrons. The fraction of sp³-hybridized carbons (Fsp3) is 0.100. The number of hydrogen-bond acceptors (Lipinski definition) is 2. The van der Waals surface area contributed by atoms with E-state index in [1.807, 2.05) is 38.1 Å². The largest absolute Gasteiger partial charge is 0.239 e. The van der Waals surface area contributed by atoms with Crippen LogP contribution in [-0.4, -0.2) is 9.78 Å². The normalized spacial score (nSPS) is 11.0. The van der Waals surface area contributed by atoms with Crippen LogP contribution >= 0.6 is 0 Å². The molecule has 0 radical (unpaired) electrons. The zero-order valence-corrected chi connectivity index (χ0v) is 13.5. The van der Waals surface area contributed by atoms with Crippen LogP contribution in [-0.2, 0) is 0 Å². The van der Waals surface area contributed by atoms with Gasteiger partial charge in [0.2, 0.25) is 0 Å². The van der Waals surface area contributed by atoms with Crippen molar-refractivity contribution in [3.05, 3.63) is 83.5 Å². The Labute approximate surface area is 141 Å². The number of hydrogen-bond donors (Lipinski definition) is 0. The van der Waals surface area contributed by atoms with Crippen LogP contribution in [0.2, 0.25) is 0 Å².